The van der Waals surface area contributed by atoms with Gasteiger partial charge in [-0.05, 0) is 24.6 Å². The normalized spacial score (nSPS) is 11.3. The Hall–Kier alpha value is -1.48. The Kier molecular flexibility index (Phi) is 4.38. The molecule has 0 aliphatic rings. The Bertz CT molecular complexity index is 424. The van der Waals surface area contributed by atoms with Crippen LogP contribution in [0.4, 0.5) is 0 Å². The average Bonchev–Trinajstić information content (AvgIpc) is 2.16. The van der Waals surface area contributed by atoms with Gasteiger partial charge in [-0.3, -0.25) is 4.79 Å². The predicted octanol–water partition coefficient (Wildman–Crippen LogP) is 3.23. The van der Waals surface area contributed by atoms with Crippen LogP contribution in [0.3, 0.4) is 0 Å². The van der Waals surface area contributed by atoms with Crippen LogP contribution in [-0.4, -0.2) is 18.2 Å². The molecule has 0 radical (unpaired) electrons. The van der Waals surface area contributed by atoms with E-state index < -0.39 is 5.97 Å². The lowest BCUT2D eigenvalue weighted by Crippen LogP contribution is -1.94. The van der Waals surface area contributed by atoms with Gasteiger partial charge >= 0.3 is 5.97 Å². The van der Waals surface area contributed by atoms with Crippen molar-refractivity contribution in [3.63, 3.8) is 0 Å². The Labute approximate surface area is 99.3 Å². The van der Waals surface area contributed by atoms with Crippen molar-refractivity contribution in [2.75, 3.05) is 7.11 Å². The van der Waals surface area contributed by atoms with E-state index in [1.165, 1.54) is 0 Å². The second-order valence-electron chi connectivity index (χ2n) is 3.46. The van der Waals surface area contributed by atoms with Crippen LogP contribution < -0.4 is 4.74 Å². The second-order valence-corrected chi connectivity index (χ2v) is 3.86. The van der Waals surface area contributed by atoms with Gasteiger partial charge in [0.05, 0.1) is 18.6 Å². The maximum absolute atomic E-state index is 10.5. The molecule has 0 spiro atoms. The number of carboxylic acids is 1. The fraction of sp³-hybridized carbons (Fsp3) is 0.250. The van der Waals surface area contributed by atoms with Crippen molar-refractivity contribution < 1.29 is 14.6 Å². The minimum atomic E-state index is -0.839. The summed E-state index contributed by atoms with van der Waals surface area (Å²) in [6.45, 7) is 1.77. The first kappa shape index (κ1) is 12.6. The molecule has 0 heterocycles. The van der Waals surface area contributed by atoms with Crippen molar-refractivity contribution >= 4 is 23.6 Å². The summed E-state index contributed by atoms with van der Waals surface area (Å²) in [5.41, 5.74) is 1.64. The third-order valence-electron chi connectivity index (χ3n) is 2.02. The number of hydrogen-bond donors (Lipinski definition) is 1. The molecule has 0 bridgehead atoms. The van der Waals surface area contributed by atoms with Crippen LogP contribution in [0.1, 0.15) is 18.9 Å². The van der Waals surface area contributed by atoms with Gasteiger partial charge in [-0.15, -0.1) is 0 Å². The van der Waals surface area contributed by atoms with Gasteiger partial charge in [0.1, 0.15) is 5.75 Å². The summed E-state index contributed by atoms with van der Waals surface area (Å²) in [4.78, 5) is 10.5. The van der Waals surface area contributed by atoms with Gasteiger partial charge in [0, 0.05) is 0 Å². The number of rotatable bonds is 4. The summed E-state index contributed by atoms with van der Waals surface area (Å²) >= 11 is 5.95. The van der Waals surface area contributed by atoms with Crippen LogP contribution in [0.2, 0.25) is 5.02 Å². The highest BCUT2D eigenvalue weighted by Gasteiger charge is 2.02. The number of carboxylic acid groups (broad SMARTS) is 1. The number of carbonyl (C=O) groups is 1. The SMILES string of the molecule is COc1ccc(/C=C(\C)CC(=O)O)cc1Cl. The average molecular weight is 241 g/mol. The standard InChI is InChI=1S/C12H13ClO3/c1-8(6-12(14)15)5-9-3-4-11(16-2)10(13)7-9/h3-5,7H,6H2,1-2H3,(H,14,15)/b8-5+. The Morgan fingerprint density at radius 2 is 2.25 bits per heavy atom. The van der Waals surface area contributed by atoms with E-state index >= 15 is 0 Å². The molecule has 0 saturated heterocycles. The van der Waals surface area contributed by atoms with E-state index in [0.29, 0.717) is 10.8 Å². The molecule has 0 aliphatic carbocycles. The quantitative estimate of drug-likeness (QED) is 0.879. The Morgan fingerprint density at radius 1 is 1.56 bits per heavy atom. The fourth-order valence-electron chi connectivity index (χ4n) is 1.35. The maximum Gasteiger partial charge on any atom is 0.307 e. The van der Waals surface area contributed by atoms with Crippen molar-refractivity contribution in [3.05, 3.63) is 34.4 Å². The van der Waals surface area contributed by atoms with Gasteiger partial charge in [0.2, 0.25) is 0 Å². The first-order chi connectivity index (χ1) is 7.52. The molecule has 0 aromatic heterocycles. The zero-order chi connectivity index (χ0) is 12.1. The van der Waals surface area contributed by atoms with E-state index in [0.717, 1.165) is 11.1 Å². The summed E-state index contributed by atoms with van der Waals surface area (Å²) in [6, 6.07) is 5.32. The molecular weight excluding hydrogens is 228 g/mol. The van der Waals surface area contributed by atoms with Gasteiger partial charge in [0.25, 0.3) is 0 Å². The van der Waals surface area contributed by atoms with E-state index in [1.54, 1.807) is 32.2 Å². The van der Waals surface area contributed by atoms with Crippen molar-refractivity contribution in [1.82, 2.24) is 0 Å². The van der Waals surface area contributed by atoms with E-state index in [4.69, 9.17) is 21.4 Å². The van der Waals surface area contributed by atoms with Crippen molar-refractivity contribution in [3.8, 4) is 5.75 Å². The second kappa shape index (κ2) is 5.56. The zero-order valence-corrected chi connectivity index (χ0v) is 9.91. The summed E-state index contributed by atoms with van der Waals surface area (Å²) in [6.07, 6.45) is 1.82. The molecule has 1 rings (SSSR count). The third kappa shape index (κ3) is 3.59. The van der Waals surface area contributed by atoms with Crippen molar-refractivity contribution in [1.29, 1.82) is 0 Å². The van der Waals surface area contributed by atoms with Crippen LogP contribution in [0, 0.1) is 0 Å². The summed E-state index contributed by atoms with van der Waals surface area (Å²) in [5.74, 6) is -0.233. The van der Waals surface area contributed by atoms with E-state index in [9.17, 15) is 4.79 Å². The summed E-state index contributed by atoms with van der Waals surface area (Å²) in [5, 5.41) is 9.13. The minimum absolute atomic E-state index is 0.0314. The predicted molar refractivity (Wildman–Crippen MR) is 63.9 cm³/mol. The van der Waals surface area contributed by atoms with Gasteiger partial charge in [-0.2, -0.15) is 0 Å². The van der Waals surface area contributed by atoms with Gasteiger partial charge in [-0.1, -0.05) is 29.3 Å². The molecule has 16 heavy (non-hydrogen) atoms. The van der Waals surface area contributed by atoms with Crippen molar-refractivity contribution in [2.45, 2.75) is 13.3 Å². The number of methoxy groups -OCH3 is 1. The molecule has 0 unspecified atom stereocenters. The highest BCUT2D eigenvalue weighted by Crippen LogP contribution is 2.26. The summed E-state index contributed by atoms with van der Waals surface area (Å²) in [7, 11) is 1.55. The number of aliphatic carboxylic acids is 1. The van der Waals surface area contributed by atoms with Crippen molar-refractivity contribution in [2.24, 2.45) is 0 Å². The van der Waals surface area contributed by atoms with Crippen LogP contribution in [0.25, 0.3) is 6.08 Å². The zero-order valence-electron chi connectivity index (χ0n) is 9.16. The molecule has 0 atom stereocenters. The molecule has 4 heteroatoms. The molecule has 1 aromatic rings. The molecule has 1 N–H and O–H groups in total. The first-order valence-corrected chi connectivity index (χ1v) is 5.13. The van der Waals surface area contributed by atoms with E-state index in [2.05, 4.69) is 0 Å². The molecule has 0 saturated carbocycles. The van der Waals surface area contributed by atoms with E-state index in [-0.39, 0.29) is 6.42 Å². The fourth-order valence-corrected chi connectivity index (χ4v) is 1.61. The van der Waals surface area contributed by atoms with E-state index in [1.807, 2.05) is 6.07 Å². The number of benzene rings is 1. The highest BCUT2D eigenvalue weighted by atomic mass is 35.5. The largest absolute Gasteiger partial charge is 0.495 e. The first-order valence-electron chi connectivity index (χ1n) is 4.75. The molecule has 0 aliphatic heterocycles. The topological polar surface area (TPSA) is 46.5 Å². The number of halogens is 1. The molecule has 0 amide bonds. The minimum Gasteiger partial charge on any atom is -0.495 e. The molecule has 0 fully saturated rings. The summed E-state index contributed by atoms with van der Waals surface area (Å²) < 4.78 is 5.02. The molecule has 1 aromatic carbocycles. The lowest BCUT2D eigenvalue weighted by molar-refractivity contribution is -0.136. The lowest BCUT2D eigenvalue weighted by Gasteiger charge is -2.04. The molecule has 86 valence electrons. The highest BCUT2D eigenvalue weighted by molar-refractivity contribution is 6.32. The van der Waals surface area contributed by atoms with Gasteiger partial charge < -0.3 is 9.84 Å². The monoisotopic (exact) mass is 240 g/mol. The maximum atomic E-state index is 10.5. The van der Waals surface area contributed by atoms with Crippen LogP contribution in [-0.2, 0) is 4.79 Å². The van der Waals surface area contributed by atoms with Crippen LogP contribution >= 0.6 is 11.6 Å². The Morgan fingerprint density at radius 3 is 2.75 bits per heavy atom. The van der Waals surface area contributed by atoms with Gasteiger partial charge in [-0.25, -0.2) is 0 Å². The third-order valence-corrected chi connectivity index (χ3v) is 2.31. The molecule has 3 nitrogen and oxygen atoms in total. The smallest absolute Gasteiger partial charge is 0.307 e. The van der Waals surface area contributed by atoms with Crippen LogP contribution in [0.5, 0.6) is 5.75 Å². The van der Waals surface area contributed by atoms with Gasteiger partial charge in [0.15, 0.2) is 0 Å². The Balaban J connectivity index is 2.89. The lowest BCUT2D eigenvalue weighted by atomic mass is 10.1. The van der Waals surface area contributed by atoms with Crippen LogP contribution in [0.15, 0.2) is 23.8 Å². The molecular formula is C12H13ClO3. The number of hydrogen-bond acceptors (Lipinski definition) is 2. The number of ether oxygens (including phenoxy) is 1.